The molecule has 0 radical (unpaired) electrons. The Balaban J connectivity index is 2.85. The van der Waals surface area contributed by atoms with Crippen LogP contribution in [0.2, 0.25) is 0 Å². The zero-order valence-corrected chi connectivity index (χ0v) is 12.3. The standard InChI is InChI=1S/C13H20N2O3S/c1-4-10(3)14-13(16)11-7-6-8-12(9-11)15-19(17,18)5-2/h6-10,15H,4-5H2,1-3H3,(H,14,16). The summed E-state index contributed by atoms with van der Waals surface area (Å²) < 4.78 is 25.3. The average Bonchev–Trinajstić information content (AvgIpc) is 2.38. The number of benzene rings is 1. The minimum atomic E-state index is -3.32. The molecule has 19 heavy (non-hydrogen) atoms. The first-order valence-electron chi connectivity index (χ1n) is 6.29. The van der Waals surface area contributed by atoms with Gasteiger partial charge in [0.25, 0.3) is 5.91 Å². The van der Waals surface area contributed by atoms with Crippen molar-refractivity contribution in [3.05, 3.63) is 29.8 Å². The summed E-state index contributed by atoms with van der Waals surface area (Å²) in [5, 5.41) is 2.83. The Hall–Kier alpha value is -1.56. The summed E-state index contributed by atoms with van der Waals surface area (Å²) in [6, 6.07) is 6.54. The summed E-state index contributed by atoms with van der Waals surface area (Å²) in [5.41, 5.74) is 0.843. The lowest BCUT2D eigenvalue weighted by molar-refractivity contribution is 0.0939. The van der Waals surface area contributed by atoms with Crippen LogP contribution < -0.4 is 10.0 Å². The molecule has 1 aromatic rings. The molecule has 0 aliphatic heterocycles. The fraction of sp³-hybridized carbons (Fsp3) is 0.462. The molecule has 1 amide bonds. The Morgan fingerprint density at radius 2 is 2.00 bits per heavy atom. The van der Waals surface area contributed by atoms with Gasteiger partial charge in [0.05, 0.1) is 5.75 Å². The highest BCUT2D eigenvalue weighted by Gasteiger charge is 2.11. The Kier molecular flexibility index (Phi) is 5.35. The third-order valence-corrected chi connectivity index (χ3v) is 4.07. The van der Waals surface area contributed by atoms with Crippen LogP contribution in [0.15, 0.2) is 24.3 Å². The van der Waals surface area contributed by atoms with Gasteiger partial charge in [0.15, 0.2) is 0 Å². The lowest BCUT2D eigenvalue weighted by Gasteiger charge is -2.12. The highest BCUT2D eigenvalue weighted by Crippen LogP contribution is 2.12. The summed E-state index contributed by atoms with van der Waals surface area (Å²) in [6.07, 6.45) is 0.841. The van der Waals surface area contributed by atoms with E-state index in [9.17, 15) is 13.2 Å². The van der Waals surface area contributed by atoms with Crippen molar-refractivity contribution in [2.45, 2.75) is 33.2 Å². The number of nitrogens with one attached hydrogen (secondary N) is 2. The van der Waals surface area contributed by atoms with Crippen molar-refractivity contribution in [2.75, 3.05) is 10.5 Å². The van der Waals surface area contributed by atoms with Gasteiger partial charge in [0.2, 0.25) is 10.0 Å². The number of carbonyl (C=O) groups excluding carboxylic acids is 1. The fourth-order valence-corrected chi connectivity index (χ4v) is 2.02. The SMILES string of the molecule is CCC(C)NC(=O)c1cccc(NS(=O)(=O)CC)c1. The summed E-state index contributed by atoms with van der Waals surface area (Å²) in [7, 11) is -3.32. The van der Waals surface area contributed by atoms with Gasteiger partial charge in [-0.1, -0.05) is 13.0 Å². The van der Waals surface area contributed by atoms with Gasteiger partial charge in [-0.05, 0) is 38.5 Å². The first-order valence-corrected chi connectivity index (χ1v) is 7.94. The third-order valence-electron chi connectivity index (χ3n) is 2.77. The number of sulfonamides is 1. The van der Waals surface area contributed by atoms with E-state index in [1.165, 1.54) is 6.07 Å². The monoisotopic (exact) mass is 284 g/mol. The van der Waals surface area contributed by atoms with Crippen molar-refractivity contribution in [1.82, 2.24) is 5.32 Å². The lowest BCUT2D eigenvalue weighted by Crippen LogP contribution is -2.31. The molecule has 0 bridgehead atoms. The number of carbonyl (C=O) groups is 1. The van der Waals surface area contributed by atoms with Gasteiger partial charge >= 0.3 is 0 Å². The second kappa shape index (κ2) is 6.56. The van der Waals surface area contributed by atoms with Crippen LogP contribution in [-0.2, 0) is 10.0 Å². The second-order valence-corrected chi connectivity index (χ2v) is 6.38. The van der Waals surface area contributed by atoms with Gasteiger partial charge < -0.3 is 5.32 Å². The Labute approximate surface area is 114 Å². The van der Waals surface area contributed by atoms with Crippen molar-refractivity contribution in [3.63, 3.8) is 0 Å². The van der Waals surface area contributed by atoms with Gasteiger partial charge in [-0.25, -0.2) is 8.42 Å². The minimum Gasteiger partial charge on any atom is -0.350 e. The molecule has 1 rings (SSSR count). The van der Waals surface area contributed by atoms with Crippen molar-refractivity contribution in [2.24, 2.45) is 0 Å². The molecule has 6 heteroatoms. The predicted molar refractivity (Wildman–Crippen MR) is 76.7 cm³/mol. The summed E-state index contributed by atoms with van der Waals surface area (Å²) in [6.45, 7) is 5.46. The molecule has 0 spiro atoms. The van der Waals surface area contributed by atoms with Crippen LogP contribution in [0, 0.1) is 0 Å². The van der Waals surface area contributed by atoms with Crippen LogP contribution >= 0.6 is 0 Å². The molecule has 106 valence electrons. The first-order chi connectivity index (χ1) is 8.88. The van der Waals surface area contributed by atoms with Crippen molar-refractivity contribution < 1.29 is 13.2 Å². The number of hydrogen-bond donors (Lipinski definition) is 2. The molecule has 5 nitrogen and oxygen atoms in total. The van der Waals surface area contributed by atoms with E-state index in [1.54, 1.807) is 25.1 Å². The molecule has 0 aliphatic rings. The van der Waals surface area contributed by atoms with E-state index in [0.717, 1.165) is 6.42 Å². The molecule has 0 fully saturated rings. The normalized spacial score (nSPS) is 12.8. The van der Waals surface area contributed by atoms with E-state index in [2.05, 4.69) is 10.0 Å². The molecule has 0 aromatic heterocycles. The molecule has 0 saturated heterocycles. The zero-order valence-electron chi connectivity index (χ0n) is 11.4. The largest absolute Gasteiger partial charge is 0.350 e. The van der Waals surface area contributed by atoms with Crippen molar-refractivity contribution >= 4 is 21.6 Å². The van der Waals surface area contributed by atoms with Gasteiger partial charge in [0.1, 0.15) is 0 Å². The van der Waals surface area contributed by atoms with E-state index in [4.69, 9.17) is 0 Å². The molecule has 1 atom stereocenters. The van der Waals surface area contributed by atoms with Crippen molar-refractivity contribution in [1.29, 1.82) is 0 Å². The van der Waals surface area contributed by atoms with Crippen LogP contribution in [0.3, 0.4) is 0 Å². The minimum absolute atomic E-state index is 0.00368. The molecule has 0 aliphatic carbocycles. The maximum Gasteiger partial charge on any atom is 0.251 e. The average molecular weight is 284 g/mol. The lowest BCUT2D eigenvalue weighted by atomic mass is 10.1. The number of hydrogen-bond acceptors (Lipinski definition) is 3. The molecule has 0 saturated carbocycles. The fourth-order valence-electron chi connectivity index (χ4n) is 1.38. The van der Waals surface area contributed by atoms with E-state index < -0.39 is 10.0 Å². The Morgan fingerprint density at radius 3 is 2.58 bits per heavy atom. The molecular formula is C13H20N2O3S. The highest BCUT2D eigenvalue weighted by molar-refractivity contribution is 7.92. The summed E-state index contributed by atoms with van der Waals surface area (Å²) in [4.78, 5) is 11.9. The van der Waals surface area contributed by atoms with Crippen LogP contribution in [-0.4, -0.2) is 26.1 Å². The van der Waals surface area contributed by atoms with Crippen LogP contribution in [0.1, 0.15) is 37.6 Å². The maximum absolute atomic E-state index is 11.9. The molecular weight excluding hydrogens is 264 g/mol. The van der Waals surface area contributed by atoms with Gasteiger partial charge in [-0.2, -0.15) is 0 Å². The quantitative estimate of drug-likeness (QED) is 0.838. The number of anilines is 1. The Morgan fingerprint density at radius 1 is 1.32 bits per heavy atom. The first kappa shape index (κ1) is 15.5. The number of rotatable bonds is 6. The summed E-state index contributed by atoms with van der Waals surface area (Å²) in [5.74, 6) is -0.206. The Bertz CT molecular complexity index is 541. The van der Waals surface area contributed by atoms with Crippen LogP contribution in [0.25, 0.3) is 0 Å². The van der Waals surface area contributed by atoms with Crippen molar-refractivity contribution in [3.8, 4) is 0 Å². The summed E-state index contributed by atoms with van der Waals surface area (Å²) >= 11 is 0. The molecule has 2 N–H and O–H groups in total. The maximum atomic E-state index is 11.9. The topological polar surface area (TPSA) is 75.3 Å². The van der Waals surface area contributed by atoms with Gasteiger partial charge in [-0.15, -0.1) is 0 Å². The van der Waals surface area contributed by atoms with E-state index >= 15 is 0 Å². The molecule has 1 unspecified atom stereocenters. The second-order valence-electron chi connectivity index (χ2n) is 4.37. The van der Waals surface area contributed by atoms with Crippen LogP contribution in [0.4, 0.5) is 5.69 Å². The predicted octanol–water partition coefficient (Wildman–Crippen LogP) is 1.98. The van der Waals surface area contributed by atoms with Gasteiger partial charge in [0, 0.05) is 17.3 Å². The third kappa shape index (κ3) is 4.90. The number of amides is 1. The van der Waals surface area contributed by atoms with E-state index in [0.29, 0.717) is 11.3 Å². The molecule has 1 aromatic carbocycles. The van der Waals surface area contributed by atoms with E-state index in [1.807, 2.05) is 13.8 Å². The smallest absolute Gasteiger partial charge is 0.251 e. The zero-order chi connectivity index (χ0) is 14.5. The van der Waals surface area contributed by atoms with Crippen LogP contribution in [0.5, 0.6) is 0 Å². The van der Waals surface area contributed by atoms with E-state index in [-0.39, 0.29) is 17.7 Å². The highest BCUT2D eigenvalue weighted by atomic mass is 32.2. The van der Waals surface area contributed by atoms with Gasteiger partial charge in [-0.3, -0.25) is 9.52 Å². The molecule has 0 heterocycles.